The summed E-state index contributed by atoms with van der Waals surface area (Å²) < 4.78 is 2.22. The molecule has 4 aromatic rings. The summed E-state index contributed by atoms with van der Waals surface area (Å²) in [5, 5.41) is 2.54. The molecule has 0 unspecified atom stereocenters. The molecule has 0 fully saturated rings. The zero-order chi connectivity index (χ0) is 19.1. The molecule has 1 aromatic heterocycles. The minimum atomic E-state index is -0.425. The number of carbonyl (C=O) groups excluding carboxylic acids is 1. The quantitative estimate of drug-likeness (QED) is 0.519. The van der Waals surface area contributed by atoms with Crippen molar-refractivity contribution in [3.63, 3.8) is 0 Å². The minimum absolute atomic E-state index is 0.425. The fraction of sp³-hybridized carbons (Fsp3) is 0.174. The van der Waals surface area contributed by atoms with Crippen molar-refractivity contribution in [1.82, 2.24) is 4.57 Å². The Morgan fingerprint density at radius 3 is 2.67 bits per heavy atom. The highest BCUT2D eigenvalue weighted by Gasteiger charge is 2.17. The van der Waals surface area contributed by atoms with Gasteiger partial charge < -0.3 is 10.3 Å². The van der Waals surface area contributed by atoms with Crippen LogP contribution in [0.1, 0.15) is 34.0 Å². The topological polar surface area (TPSA) is 48.0 Å². The number of hydrogen-bond donors (Lipinski definition) is 1. The zero-order valence-electron chi connectivity index (χ0n) is 15.3. The highest BCUT2D eigenvalue weighted by molar-refractivity contribution is 6.31. The molecule has 27 heavy (non-hydrogen) atoms. The van der Waals surface area contributed by atoms with Gasteiger partial charge in [-0.05, 0) is 60.4 Å². The predicted octanol–water partition coefficient (Wildman–Crippen LogP) is 5.27. The Kier molecular flexibility index (Phi) is 4.40. The highest BCUT2D eigenvalue weighted by Crippen LogP contribution is 2.33. The van der Waals surface area contributed by atoms with E-state index in [1.54, 1.807) is 6.07 Å². The van der Waals surface area contributed by atoms with Gasteiger partial charge in [0.1, 0.15) is 0 Å². The molecule has 0 atom stereocenters. The van der Waals surface area contributed by atoms with Gasteiger partial charge in [-0.3, -0.25) is 4.79 Å². The smallest absolute Gasteiger partial charge is 0.249 e. The van der Waals surface area contributed by atoms with E-state index in [1.165, 1.54) is 5.56 Å². The van der Waals surface area contributed by atoms with Crippen molar-refractivity contribution in [2.24, 2.45) is 5.73 Å². The first-order chi connectivity index (χ1) is 13.0. The Bertz CT molecular complexity index is 1190. The van der Waals surface area contributed by atoms with Gasteiger partial charge in [-0.1, -0.05) is 42.8 Å². The van der Waals surface area contributed by atoms with E-state index in [2.05, 4.69) is 29.7 Å². The van der Waals surface area contributed by atoms with Crippen LogP contribution >= 0.6 is 11.6 Å². The number of carbonyl (C=O) groups is 1. The molecule has 0 aliphatic heterocycles. The van der Waals surface area contributed by atoms with Crippen LogP contribution in [0.25, 0.3) is 21.8 Å². The Morgan fingerprint density at radius 1 is 1.15 bits per heavy atom. The maximum absolute atomic E-state index is 12.0. The van der Waals surface area contributed by atoms with E-state index in [1.807, 2.05) is 37.3 Å². The van der Waals surface area contributed by atoms with Gasteiger partial charge in [-0.25, -0.2) is 0 Å². The number of amides is 1. The molecule has 0 saturated carbocycles. The lowest BCUT2D eigenvalue weighted by Gasteiger charge is -2.10. The number of aryl methyl sites for hydroxylation is 2. The fourth-order valence-corrected chi connectivity index (χ4v) is 3.80. The molecule has 4 heteroatoms. The molecule has 4 rings (SSSR count). The van der Waals surface area contributed by atoms with E-state index < -0.39 is 5.91 Å². The first kappa shape index (κ1) is 17.6. The molecule has 1 amide bonds. The van der Waals surface area contributed by atoms with Crippen molar-refractivity contribution in [2.45, 2.75) is 26.8 Å². The third-order valence-corrected chi connectivity index (χ3v) is 5.51. The summed E-state index contributed by atoms with van der Waals surface area (Å²) >= 11 is 6.33. The monoisotopic (exact) mass is 375 g/mol. The number of halogens is 1. The molecule has 3 nitrogen and oxygen atoms in total. The SMILES string of the molecule is CCc1c[c]c2c3c(C(N)=O)cccc3n(Cc3ccc(C)c(Cl)c3)c2c1. The van der Waals surface area contributed by atoms with Crippen LogP contribution in [0.2, 0.25) is 5.02 Å². The van der Waals surface area contributed by atoms with Crippen LogP contribution < -0.4 is 5.73 Å². The molecule has 0 aliphatic rings. The zero-order valence-corrected chi connectivity index (χ0v) is 16.1. The number of nitrogens with two attached hydrogens (primary N) is 1. The largest absolute Gasteiger partial charge is 0.366 e. The second-order valence-corrected chi connectivity index (χ2v) is 7.26. The van der Waals surface area contributed by atoms with Gasteiger partial charge in [0.2, 0.25) is 5.91 Å². The molecule has 135 valence electrons. The summed E-state index contributed by atoms with van der Waals surface area (Å²) in [7, 11) is 0. The van der Waals surface area contributed by atoms with Gasteiger partial charge in [-0.15, -0.1) is 0 Å². The first-order valence-corrected chi connectivity index (χ1v) is 9.37. The van der Waals surface area contributed by atoms with Crippen molar-refractivity contribution in [3.8, 4) is 0 Å². The third-order valence-electron chi connectivity index (χ3n) is 5.10. The standard InChI is InChI=1S/C23H20ClN2O/c1-3-15-9-10-17-21(12-15)26(13-16-8-7-14(2)19(24)11-16)20-6-4-5-18(22(17)20)23(25)27/h4-9,11-12H,3,13H2,1-2H3,(H2,25,27). The number of rotatable bonds is 4. The van der Waals surface area contributed by atoms with Crippen LogP contribution in [0.5, 0.6) is 0 Å². The Morgan fingerprint density at radius 2 is 1.96 bits per heavy atom. The van der Waals surface area contributed by atoms with Crippen molar-refractivity contribution in [3.05, 3.63) is 81.9 Å². The molecular weight excluding hydrogens is 356 g/mol. The van der Waals surface area contributed by atoms with Gasteiger partial charge >= 0.3 is 0 Å². The van der Waals surface area contributed by atoms with Gasteiger partial charge in [0.25, 0.3) is 0 Å². The summed E-state index contributed by atoms with van der Waals surface area (Å²) in [6.07, 6.45) is 0.924. The Balaban J connectivity index is 2.02. The van der Waals surface area contributed by atoms with Crippen molar-refractivity contribution < 1.29 is 4.79 Å². The van der Waals surface area contributed by atoms with Crippen LogP contribution in [0.15, 0.2) is 48.5 Å². The first-order valence-electron chi connectivity index (χ1n) is 9.00. The van der Waals surface area contributed by atoms with Crippen LogP contribution in [0.4, 0.5) is 0 Å². The van der Waals surface area contributed by atoms with Gasteiger partial charge in [0.05, 0.1) is 11.0 Å². The molecule has 0 aliphatic carbocycles. The molecule has 0 saturated heterocycles. The summed E-state index contributed by atoms with van der Waals surface area (Å²) in [6.45, 7) is 4.77. The van der Waals surface area contributed by atoms with E-state index in [9.17, 15) is 4.79 Å². The second-order valence-electron chi connectivity index (χ2n) is 6.86. The van der Waals surface area contributed by atoms with Gasteiger partial charge in [0, 0.05) is 27.9 Å². The van der Waals surface area contributed by atoms with Crippen molar-refractivity contribution >= 4 is 39.3 Å². The summed E-state index contributed by atoms with van der Waals surface area (Å²) in [5.41, 5.74) is 11.6. The van der Waals surface area contributed by atoms with E-state index in [0.29, 0.717) is 12.1 Å². The van der Waals surface area contributed by atoms with E-state index in [4.69, 9.17) is 17.3 Å². The lowest BCUT2D eigenvalue weighted by atomic mass is 10.0. The van der Waals surface area contributed by atoms with E-state index in [0.717, 1.165) is 44.4 Å². The summed E-state index contributed by atoms with van der Waals surface area (Å²) in [4.78, 5) is 12.0. The average molecular weight is 376 g/mol. The third kappa shape index (κ3) is 2.98. The Hall–Kier alpha value is -2.78. The molecular formula is C23H20ClN2O. The second kappa shape index (κ2) is 6.75. The Labute approximate surface area is 163 Å². The average Bonchev–Trinajstić information content (AvgIpc) is 2.97. The van der Waals surface area contributed by atoms with Crippen LogP contribution in [-0.2, 0) is 13.0 Å². The lowest BCUT2D eigenvalue weighted by molar-refractivity contribution is 0.100. The van der Waals surface area contributed by atoms with Gasteiger partial charge in [0.15, 0.2) is 0 Å². The minimum Gasteiger partial charge on any atom is -0.366 e. The van der Waals surface area contributed by atoms with Crippen molar-refractivity contribution in [2.75, 3.05) is 0 Å². The van der Waals surface area contributed by atoms with Gasteiger partial charge in [-0.2, -0.15) is 0 Å². The maximum atomic E-state index is 12.0. The molecule has 1 radical (unpaired) electrons. The fourth-order valence-electron chi connectivity index (χ4n) is 3.60. The van der Waals surface area contributed by atoms with Crippen LogP contribution in [-0.4, -0.2) is 10.5 Å². The van der Waals surface area contributed by atoms with Crippen molar-refractivity contribution in [1.29, 1.82) is 0 Å². The summed E-state index contributed by atoms with van der Waals surface area (Å²) in [6, 6.07) is 19.3. The summed E-state index contributed by atoms with van der Waals surface area (Å²) in [5.74, 6) is -0.425. The number of primary amides is 1. The number of fused-ring (bicyclic) bond motifs is 3. The van der Waals surface area contributed by atoms with Crippen LogP contribution in [0.3, 0.4) is 0 Å². The number of hydrogen-bond acceptors (Lipinski definition) is 1. The molecule has 0 spiro atoms. The number of aromatic nitrogens is 1. The van der Waals surface area contributed by atoms with E-state index in [-0.39, 0.29) is 0 Å². The maximum Gasteiger partial charge on any atom is 0.249 e. The molecule has 1 heterocycles. The molecule has 0 bridgehead atoms. The lowest BCUT2D eigenvalue weighted by Crippen LogP contribution is -2.11. The van der Waals surface area contributed by atoms with E-state index >= 15 is 0 Å². The van der Waals surface area contributed by atoms with Crippen LogP contribution in [0, 0.1) is 13.0 Å². The predicted molar refractivity (Wildman–Crippen MR) is 111 cm³/mol. The highest BCUT2D eigenvalue weighted by atomic mass is 35.5. The normalized spacial score (nSPS) is 11.4. The molecule has 2 N–H and O–H groups in total. The number of benzene rings is 3. The number of nitrogens with zero attached hydrogens (tertiary/aromatic N) is 1. The molecule has 3 aromatic carbocycles.